The van der Waals surface area contributed by atoms with E-state index in [1.807, 2.05) is 22.8 Å². The van der Waals surface area contributed by atoms with Gasteiger partial charge in [0.25, 0.3) is 0 Å². The molecule has 0 spiro atoms. The monoisotopic (exact) mass is 275 g/mol. The lowest BCUT2D eigenvalue weighted by atomic mass is 9.98. The summed E-state index contributed by atoms with van der Waals surface area (Å²) in [7, 11) is 0. The molecule has 2 nitrogen and oxygen atoms in total. The topological polar surface area (TPSA) is 22.0 Å². The van der Waals surface area contributed by atoms with Crippen molar-refractivity contribution in [3.05, 3.63) is 65.5 Å². The second-order valence-corrected chi connectivity index (χ2v) is 5.21. The number of benzene rings is 1. The average Bonchev–Trinajstić information content (AvgIpc) is 2.91. The Balaban J connectivity index is 1.93. The van der Waals surface area contributed by atoms with Crippen molar-refractivity contribution in [3.8, 4) is 11.8 Å². The number of aryl methyl sites for hydroxylation is 1. The average molecular weight is 275 g/mol. The molecule has 0 amide bonds. The molecule has 2 heteroatoms. The highest BCUT2D eigenvalue weighted by Gasteiger charge is 2.15. The predicted molar refractivity (Wildman–Crippen MR) is 85.1 cm³/mol. The summed E-state index contributed by atoms with van der Waals surface area (Å²) in [5.74, 6) is 5.61. The van der Waals surface area contributed by atoms with E-state index >= 15 is 0 Å². The van der Waals surface area contributed by atoms with Gasteiger partial charge in [0.05, 0.1) is 5.69 Å². The number of carbonyl (C=O) groups is 1. The second-order valence-electron chi connectivity index (χ2n) is 5.21. The number of Topliss-reactive ketones (excluding diaryl/α,β-unsaturated/α-hetero) is 1. The summed E-state index contributed by atoms with van der Waals surface area (Å²) in [6.45, 7) is 3.87. The van der Waals surface area contributed by atoms with Crippen LogP contribution in [0.5, 0.6) is 0 Å². The smallest absolute Gasteiger partial charge is 0.236 e. The molecule has 0 saturated heterocycles. The van der Waals surface area contributed by atoms with Crippen molar-refractivity contribution in [2.75, 3.05) is 0 Å². The van der Waals surface area contributed by atoms with Gasteiger partial charge in [0.1, 0.15) is 0 Å². The molecule has 0 bridgehead atoms. The second kappa shape index (κ2) is 5.85. The van der Waals surface area contributed by atoms with Gasteiger partial charge in [0.15, 0.2) is 0 Å². The molecule has 0 fully saturated rings. The summed E-state index contributed by atoms with van der Waals surface area (Å²) in [6, 6.07) is 11.3. The molecule has 1 aromatic carbocycles. The summed E-state index contributed by atoms with van der Waals surface area (Å²) in [5, 5.41) is 0. The molecule has 1 aromatic heterocycles. The lowest BCUT2D eigenvalue weighted by molar-refractivity contribution is 0.105. The van der Waals surface area contributed by atoms with E-state index in [-0.39, 0.29) is 5.78 Å². The Labute approximate surface area is 125 Å². The van der Waals surface area contributed by atoms with E-state index in [9.17, 15) is 4.79 Å². The van der Waals surface area contributed by atoms with Crippen LogP contribution < -0.4 is 0 Å². The molecule has 0 unspecified atom stereocenters. The van der Waals surface area contributed by atoms with Gasteiger partial charge in [-0.05, 0) is 49.2 Å². The van der Waals surface area contributed by atoms with Crippen LogP contribution in [0.15, 0.2) is 43.0 Å². The molecule has 21 heavy (non-hydrogen) atoms. The Morgan fingerprint density at radius 2 is 1.95 bits per heavy atom. The molecule has 0 radical (unpaired) electrons. The Kier molecular flexibility index (Phi) is 3.75. The first-order valence-corrected chi connectivity index (χ1v) is 7.26. The summed E-state index contributed by atoms with van der Waals surface area (Å²) in [6.07, 6.45) is 6.39. The van der Waals surface area contributed by atoms with Crippen molar-refractivity contribution in [1.82, 2.24) is 4.57 Å². The van der Waals surface area contributed by atoms with Crippen LogP contribution in [0.4, 0.5) is 0 Å². The molecule has 104 valence electrons. The minimum absolute atomic E-state index is 0.148. The first kappa shape index (κ1) is 13.5. The molecule has 2 aromatic rings. The lowest BCUT2D eigenvalue weighted by Gasteiger charge is -2.12. The van der Waals surface area contributed by atoms with E-state index in [1.165, 1.54) is 24.1 Å². The number of carbonyl (C=O) groups excluding carboxylic acids is 1. The summed E-state index contributed by atoms with van der Waals surface area (Å²) in [4.78, 5) is 12.1. The summed E-state index contributed by atoms with van der Waals surface area (Å²) < 4.78 is 2.03. The van der Waals surface area contributed by atoms with Crippen LogP contribution in [0.25, 0.3) is 6.20 Å². The highest BCUT2D eigenvalue weighted by Crippen LogP contribution is 2.25. The first-order valence-electron chi connectivity index (χ1n) is 7.26. The van der Waals surface area contributed by atoms with Crippen molar-refractivity contribution in [1.29, 1.82) is 0 Å². The van der Waals surface area contributed by atoms with Gasteiger partial charge in [-0.15, -0.1) is 0 Å². The zero-order chi connectivity index (χ0) is 14.7. The first-order chi connectivity index (χ1) is 10.3. The minimum Gasteiger partial charge on any atom is -0.314 e. The zero-order valence-corrected chi connectivity index (χ0v) is 11.9. The molecule has 1 aliphatic rings. The molecule has 1 heterocycles. The minimum atomic E-state index is -0.148. The van der Waals surface area contributed by atoms with Crippen molar-refractivity contribution in [2.24, 2.45) is 0 Å². The number of hydrogen-bond acceptors (Lipinski definition) is 1. The molecule has 1 aliphatic carbocycles. The molecular weight excluding hydrogens is 258 g/mol. The van der Waals surface area contributed by atoms with Gasteiger partial charge < -0.3 is 4.57 Å². The molecule has 0 aliphatic heterocycles. The van der Waals surface area contributed by atoms with E-state index < -0.39 is 0 Å². The number of fused-ring (bicyclic) bond motifs is 1. The van der Waals surface area contributed by atoms with Crippen LogP contribution in [-0.4, -0.2) is 10.4 Å². The standard InChI is InChI=1S/C19H17NO/c1-2-20-17(14-16-10-6-7-11-18(16)20)12-13-19(21)15-8-4-3-5-9-15/h2-5,8-9,14H,1,6-7,10-11H2. The van der Waals surface area contributed by atoms with Crippen LogP contribution in [0.3, 0.4) is 0 Å². The molecular formula is C19H17NO. The third kappa shape index (κ3) is 2.68. The molecule has 0 atom stereocenters. The van der Waals surface area contributed by atoms with E-state index in [1.54, 1.807) is 18.3 Å². The van der Waals surface area contributed by atoms with Gasteiger partial charge in [-0.2, -0.15) is 0 Å². The van der Waals surface area contributed by atoms with E-state index in [0.717, 1.165) is 18.5 Å². The van der Waals surface area contributed by atoms with Crippen LogP contribution in [-0.2, 0) is 12.8 Å². The fourth-order valence-corrected chi connectivity index (χ4v) is 2.81. The van der Waals surface area contributed by atoms with Crippen LogP contribution >= 0.6 is 0 Å². The highest BCUT2D eigenvalue weighted by molar-refractivity contribution is 6.09. The van der Waals surface area contributed by atoms with Gasteiger partial charge in [-0.3, -0.25) is 4.79 Å². The lowest BCUT2D eigenvalue weighted by Crippen LogP contribution is -2.04. The molecule has 0 saturated carbocycles. The Bertz CT molecular complexity index is 741. The zero-order valence-electron chi connectivity index (χ0n) is 11.9. The summed E-state index contributed by atoms with van der Waals surface area (Å²) >= 11 is 0. The van der Waals surface area contributed by atoms with Crippen LogP contribution in [0.2, 0.25) is 0 Å². The largest absolute Gasteiger partial charge is 0.314 e. The Hall–Kier alpha value is -2.53. The van der Waals surface area contributed by atoms with Crippen molar-refractivity contribution < 1.29 is 4.79 Å². The maximum Gasteiger partial charge on any atom is 0.236 e. The number of rotatable bonds is 2. The fourth-order valence-electron chi connectivity index (χ4n) is 2.81. The van der Waals surface area contributed by atoms with Gasteiger partial charge in [0, 0.05) is 17.5 Å². The third-order valence-electron chi connectivity index (χ3n) is 3.86. The van der Waals surface area contributed by atoms with E-state index in [2.05, 4.69) is 24.5 Å². The van der Waals surface area contributed by atoms with Crippen molar-refractivity contribution in [3.63, 3.8) is 0 Å². The third-order valence-corrected chi connectivity index (χ3v) is 3.86. The van der Waals surface area contributed by atoms with E-state index in [4.69, 9.17) is 0 Å². The number of ketones is 1. The summed E-state index contributed by atoms with van der Waals surface area (Å²) in [5.41, 5.74) is 4.14. The van der Waals surface area contributed by atoms with Crippen LogP contribution in [0, 0.1) is 11.8 Å². The quantitative estimate of drug-likeness (QED) is 0.605. The maximum absolute atomic E-state index is 12.1. The van der Waals surface area contributed by atoms with Crippen LogP contribution in [0.1, 0.15) is 40.2 Å². The van der Waals surface area contributed by atoms with E-state index in [0.29, 0.717) is 5.56 Å². The van der Waals surface area contributed by atoms with Gasteiger partial charge in [0.2, 0.25) is 5.78 Å². The normalized spacial score (nSPS) is 13.0. The fraction of sp³-hybridized carbons (Fsp3) is 0.211. The highest BCUT2D eigenvalue weighted by atomic mass is 16.1. The number of hydrogen-bond donors (Lipinski definition) is 0. The van der Waals surface area contributed by atoms with Gasteiger partial charge in [-0.25, -0.2) is 0 Å². The van der Waals surface area contributed by atoms with Gasteiger partial charge in [-0.1, -0.05) is 36.9 Å². The Morgan fingerprint density at radius 1 is 1.19 bits per heavy atom. The van der Waals surface area contributed by atoms with Crippen molar-refractivity contribution >= 4 is 12.0 Å². The van der Waals surface area contributed by atoms with Gasteiger partial charge >= 0.3 is 0 Å². The number of nitrogens with zero attached hydrogens (tertiary/aromatic N) is 1. The van der Waals surface area contributed by atoms with Crippen molar-refractivity contribution in [2.45, 2.75) is 25.7 Å². The predicted octanol–water partition coefficient (Wildman–Crippen LogP) is 3.70. The molecule has 0 N–H and O–H groups in total. The number of aromatic nitrogens is 1. The maximum atomic E-state index is 12.1. The Morgan fingerprint density at radius 3 is 2.71 bits per heavy atom. The molecule has 3 rings (SSSR count). The SMILES string of the molecule is C=Cn1c(C#CC(=O)c2ccccc2)cc2c1CCCC2.